The van der Waals surface area contributed by atoms with E-state index in [1.165, 1.54) is 5.56 Å². The van der Waals surface area contributed by atoms with Crippen molar-refractivity contribution >= 4 is 15.9 Å². The summed E-state index contributed by atoms with van der Waals surface area (Å²) < 4.78 is 12.6. The molecule has 0 aromatic heterocycles. The summed E-state index contributed by atoms with van der Waals surface area (Å²) in [4.78, 5) is 0. The van der Waals surface area contributed by atoms with E-state index in [2.05, 4.69) is 67.1 Å². The van der Waals surface area contributed by atoms with Crippen LogP contribution in [-0.4, -0.2) is 12.6 Å². The minimum Gasteiger partial charge on any atom is -0.493 e. The van der Waals surface area contributed by atoms with E-state index in [4.69, 9.17) is 9.47 Å². The first kappa shape index (κ1) is 19.8. The molecule has 0 spiro atoms. The first-order chi connectivity index (χ1) is 11.8. The summed E-state index contributed by atoms with van der Waals surface area (Å²) >= 11 is 3.66. The number of benzene rings is 2. The van der Waals surface area contributed by atoms with Gasteiger partial charge in [-0.15, -0.1) is 0 Å². The molecule has 0 unspecified atom stereocenters. The number of halogens is 1. The van der Waals surface area contributed by atoms with Gasteiger partial charge in [-0.3, -0.25) is 0 Å². The predicted molar refractivity (Wildman–Crippen MR) is 107 cm³/mol. The average molecular weight is 406 g/mol. The van der Waals surface area contributed by atoms with Gasteiger partial charge < -0.3 is 14.8 Å². The van der Waals surface area contributed by atoms with Gasteiger partial charge in [0, 0.05) is 16.6 Å². The van der Waals surface area contributed by atoms with Crippen molar-refractivity contribution in [2.45, 2.75) is 52.8 Å². The molecule has 136 valence electrons. The zero-order chi connectivity index (χ0) is 18.4. The quantitative estimate of drug-likeness (QED) is 0.617. The first-order valence-electron chi connectivity index (χ1n) is 8.64. The van der Waals surface area contributed by atoms with Crippen LogP contribution in [-0.2, 0) is 13.2 Å². The van der Waals surface area contributed by atoms with E-state index < -0.39 is 0 Å². The van der Waals surface area contributed by atoms with Crippen LogP contribution in [0.2, 0.25) is 0 Å². The van der Waals surface area contributed by atoms with E-state index in [-0.39, 0.29) is 5.54 Å². The van der Waals surface area contributed by atoms with E-state index in [0.717, 1.165) is 40.1 Å². The van der Waals surface area contributed by atoms with Crippen molar-refractivity contribution in [3.8, 4) is 11.5 Å². The Morgan fingerprint density at radius 3 is 2.52 bits per heavy atom. The molecular formula is C21H28BrNO2. The summed E-state index contributed by atoms with van der Waals surface area (Å²) in [6.45, 7) is 9.97. The molecule has 0 radical (unpaired) electrons. The second-order valence-electron chi connectivity index (χ2n) is 6.96. The molecule has 4 heteroatoms. The highest BCUT2D eigenvalue weighted by Gasteiger charge is 2.16. The molecular weight excluding hydrogens is 378 g/mol. The highest BCUT2D eigenvalue weighted by Crippen LogP contribution is 2.34. The third-order valence-electron chi connectivity index (χ3n) is 4.45. The van der Waals surface area contributed by atoms with Gasteiger partial charge >= 0.3 is 0 Å². The molecule has 0 saturated carbocycles. The van der Waals surface area contributed by atoms with Gasteiger partial charge in [-0.25, -0.2) is 0 Å². The molecule has 0 heterocycles. The molecule has 0 aliphatic carbocycles. The summed E-state index contributed by atoms with van der Waals surface area (Å²) in [5, 5.41) is 3.57. The molecule has 0 amide bonds. The summed E-state index contributed by atoms with van der Waals surface area (Å²) in [6, 6.07) is 12.4. The largest absolute Gasteiger partial charge is 0.493 e. The van der Waals surface area contributed by atoms with Gasteiger partial charge in [0.15, 0.2) is 11.5 Å². The topological polar surface area (TPSA) is 30.5 Å². The monoisotopic (exact) mass is 405 g/mol. The van der Waals surface area contributed by atoms with Crippen LogP contribution in [0.1, 0.15) is 43.9 Å². The lowest BCUT2D eigenvalue weighted by atomic mass is 10.0. The Kier molecular flexibility index (Phi) is 6.91. The summed E-state index contributed by atoms with van der Waals surface area (Å²) in [6.07, 6.45) is 1.07. The molecule has 0 aliphatic heterocycles. The van der Waals surface area contributed by atoms with Gasteiger partial charge in [0.2, 0.25) is 0 Å². The van der Waals surface area contributed by atoms with E-state index in [0.29, 0.717) is 6.61 Å². The number of nitrogens with one attached hydrogen (secondary N) is 1. The molecule has 25 heavy (non-hydrogen) atoms. The number of rotatable bonds is 8. The van der Waals surface area contributed by atoms with E-state index in [1.54, 1.807) is 7.11 Å². The van der Waals surface area contributed by atoms with Crippen molar-refractivity contribution in [2.75, 3.05) is 7.11 Å². The van der Waals surface area contributed by atoms with Crippen molar-refractivity contribution < 1.29 is 9.47 Å². The third kappa shape index (κ3) is 5.75. The van der Waals surface area contributed by atoms with Crippen LogP contribution in [0.15, 0.2) is 40.9 Å². The zero-order valence-corrected chi connectivity index (χ0v) is 17.4. The van der Waals surface area contributed by atoms with Gasteiger partial charge in [0.1, 0.15) is 6.61 Å². The fraction of sp³-hybridized carbons (Fsp3) is 0.429. The van der Waals surface area contributed by atoms with Crippen LogP contribution in [0, 0.1) is 6.92 Å². The van der Waals surface area contributed by atoms with Crippen molar-refractivity contribution in [3.63, 3.8) is 0 Å². The van der Waals surface area contributed by atoms with Gasteiger partial charge in [0.25, 0.3) is 0 Å². The van der Waals surface area contributed by atoms with E-state index >= 15 is 0 Å². The number of methoxy groups -OCH3 is 1. The number of hydrogen-bond acceptors (Lipinski definition) is 3. The zero-order valence-electron chi connectivity index (χ0n) is 15.8. The molecule has 0 fully saturated rings. The van der Waals surface area contributed by atoms with Crippen LogP contribution < -0.4 is 14.8 Å². The molecule has 0 atom stereocenters. The third-order valence-corrected chi connectivity index (χ3v) is 5.19. The number of aryl methyl sites for hydroxylation is 1. The summed E-state index contributed by atoms with van der Waals surface area (Å²) in [5.74, 6) is 1.50. The Hall–Kier alpha value is -1.52. The fourth-order valence-electron chi connectivity index (χ4n) is 2.41. The Morgan fingerprint density at radius 1 is 1.12 bits per heavy atom. The van der Waals surface area contributed by atoms with Gasteiger partial charge in [0.05, 0.1) is 7.11 Å². The van der Waals surface area contributed by atoms with Crippen LogP contribution in [0.5, 0.6) is 11.5 Å². The van der Waals surface area contributed by atoms with Gasteiger partial charge in [-0.1, -0.05) is 52.7 Å². The maximum Gasteiger partial charge on any atom is 0.162 e. The maximum absolute atomic E-state index is 6.00. The molecule has 3 nitrogen and oxygen atoms in total. The smallest absolute Gasteiger partial charge is 0.162 e. The Bertz CT molecular complexity index is 713. The average Bonchev–Trinajstić information content (AvgIpc) is 2.59. The van der Waals surface area contributed by atoms with Gasteiger partial charge in [-0.05, 0) is 50.5 Å². The van der Waals surface area contributed by atoms with Crippen molar-refractivity contribution in [3.05, 3.63) is 57.6 Å². The molecule has 2 rings (SSSR count). The Balaban J connectivity index is 2.12. The van der Waals surface area contributed by atoms with Crippen LogP contribution in [0.25, 0.3) is 0 Å². The predicted octanol–water partition coefficient (Wildman–Crippen LogP) is 5.62. The Labute approximate surface area is 159 Å². The molecule has 0 saturated heterocycles. The number of ether oxygens (including phenoxy) is 2. The van der Waals surface area contributed by atoms with Crippen LogP contribution in [0.3, 0.4) is 0 Å². The highest BCUT2D eigenvalue weighted by atomic mass is 79.9. The lowest BCUT2D eigenvalue weighted by Crippen LogP contribution is -2.37. The second kappa shape index (κ2) is 8.72. The fourth-order valence-corrected chi connectivity index (χ4v) is 2.87. The molecule has 0 aliphatic rings. The van der Waals surface area contributed by atoms with Crippen LogP contribution in [0.4, 0.5) is 0 Å². The summed E-state index contributed by atoms with van der Waals surface area (Å²) in [5.41, 5.74) is 3.64. The minimum absolute atomic E-state index is 0.104. The normalized spacial score (nSPS) is 11.4. The first-order valence-corrected chi connectivity index (χ1v) is 9.43. The van der Waals surface area contributed by atoms with Crippen molar-refractivity contribution in [1.82, 2.24) is 5.32 Å². The molecule has 2 aromatic carbocycles. The van der Waals surface area contributed by atoms with Crippen molar-refractivity contribution in [1.29, 1.82) is 0 Å². The molecule has 0 bridgehead atoms. The van der Waals surface area contributed by atoms with E-state index in [9.17, 15) is 0 Å². The Morgan fingerprint density at radius 2 is 1.88 bits per heavy atom. The molecule has 2 aromatic rings. The number of hydrogen-bond donors (Lipinski definition) is 1. The maximum atomic E-state index is 6.00. The van der Waals surface area contributed by atoms with Crippen LogP contribution >= 0.6 is 15.9 Å². The second-order valence-corrected chi connectivity index (χ2v) is 7.82. The standard InChI is InChI=1S/C21H28BrNO2/c1-6-21(3,4)23-13-17-11-19(24-5)20(12-18(17)22)25-14-16-9-7-8-15(2)10-16/h7-12,23H,6,13-14H2,1-5H3. The van der Waals surface area contributed by atoms with E-state index in [1.807, 2.05) is 18.2 Å². The lowest BCUT2D eigenvalue weighted by molar-refractivity contribution is 0.284. The SMILES string of the molecule is CCC(C)(C)NCc1cc(OC)c(OCc2cccc(C)c2)cc1Br. The minimum atomic E-state index is 0.104. The van der Waals surface area contributed by atoms with Gasteiger partial charge in [-0.2, -0.15) is 0 Å². The highest BCUT2D eigenvalue weighted by molar-refractivity contribution is 9.10. The lowest BCUT2D eigenvalue weighted by Gasteiger charge is -2.25. The summed E-state index contributed by atoms with van der Waals surface area (Å²) in [7, 11) is 1.68. The molecule has 1 N–H and O–H groups in total. The van der Waals surface area contributed by atoms with Crippen molar-refractivity contribution in [2.24, 2.45) is 0 Å².